The second-order valence-corrected chi connectivity index (χ2v) is 8.58. The summed E-state index contributed by atoms with van der Waals surface area (Å²) >= 11 is 5.68. The smallest absolute Gasteiger partial charge is 0.315 e. The van der Waals surface area contributed by atoms with Crippen LogP contribution in [0.25, 0.3) is 0 Å². The summed E-state index contributed by atoms with van der Waals surface area (Å²) in [5.41, 5.74) is 0.855. The second kappa shape index (κ2) is 11.8. The minimum absolute atomic E-state index is 0.0673. The van der Waals surface area contributed by atoms with E-state index < -0.39 is 17.7 Å². The highest BCUT2D eigenvalue weighted by atomic mass is 35.5. The van der Waals surface area contributed by atoms with Crippen LogP contribution in [0.3, 0.4) is 0 Å². The zero-order chi connectivity index (χ0) is 22.9. The highest BCUT2D eigenvalue weighted by Gasteiger charge is 2.31. The molecule has 10 heteroatoms. The van der Waals surface area contributed by atoms with E-state index in [0.29, 0.717) is 13.0 Å². The summed E-state index contributed by atoms with van der Waals surface area (Å²) in [6.45, 7) is 1.32. The monoisotopic (exact) mass is 467 g/mol. The Morgan fingerprint density at radius 2 is 1.97 bits per heavy atom. The number of nitrogens with one attached hydrogen (secondary N) is 4. The van der Waals surface area contributed by atoms with Gasteiger partial charge in [0, 0.05) is 30.4 Å². The van der Waals surface area contributed by atoms with E-state index in [1.54, 1.807) is 12.4 Å². The van der Waals surface area contributed by atoms with Crippen LogP contribution in [0, 0.1) is 23.5 Å². The van der Waals surface area contributed by atoms with Crippen LogP contribution in [0.5, 0.6) is 0 Å². The van der Waals surface area contributed by atoms with E-state index in [2.05, 4.69) is 26.1 Å². The lowest BCUT2D eigenvalue weighted by Crippen LogP contribution is -2.36. The number of carbonyl (C=O) groups excluding carboxylic acids is 2. The normalized spacial score (nSPS) is 16.6. The molecule has 0 radical (unpaired) electrons. The Kier molecular flexibility index (Phi) is 8.84. The van der Waals surface area contributed by atoms with Crippen molar-refractivity contribution in [2.75, 3.05) is 6.54 Å². The Balaban J connectivity index is 0.000000186. The lowest BCUT2D eigenvalue weighted by Gasteiger charge is -2.24. The van der Waals surface area contributed by atoms with Crippen LogP contribution in [0.1, 0.15) is 55.7 Å². The molecule has 2 aliphatic rings. The molecule has 2 saturated carbocycles. The number of rotatable bonds is 8. The number of urea groups is 1. The minimum atomic E-state index is -0.775. The Bertz CT molecular complexity index is 887. The van der Waals surface area contributed by atoms with Crippen molar-refractivity contribution in [3.63, 3.8) is 0 Å². The first kappa shape index (κ1) is 24.0. The Hall–Kier alpha value is -2.68. The van der Waals surface area contributed by atoms with Crippen molar-refractivity contribution in [1.82, 2.24) is 26.1 Å². The third-order valence-electron chi connectivity index (χ3n) is 5.77. The molecule has 2 aliphatic carbocycles. The summed E-state index contributed by atoms with van der Waals surface area (Å²) in [7, 11) is 0. The van der Waals surface area contributed by atoms with Gasteiger partial charge in [-0.15, -0.1) is 0 Å². The van der Waals surface area contributed by atoms with Gasteiger partial charge >= 0.3 is 6.03 Å². The summed E-state index contributed by atoms with van der Waals surface area (Å²) < 4.78 is 27.8. The standard InChI is InChI=1S/C13H14ClF2NO.C9H14N4O/c14-9-5-6-10(15)11(12(9)16)13(17-7-18)8-3-1-2-4-8;14-9(10-3-7-1-2-7)11-4-8-5-12-13-6-8/h5-8,13H,1-4H2,(H,17,18);5-7H,1-4H2,(H,12,13)(H2,10,11,14). The molecular formula is C22H28ClF2N5O2. The SMILES string of the molecule is O=C(NCc1cn[nH]c1)NCC1CC1.O=CNC(c1c(F)ccc(Cl)c1F)C1CCCC1. The zero-order valence-corrected chi connectivity index (χ0v) is 18.4. The molecule has 3 amide bonds. The topological polar surface area (TPSA) is 98.9 Å². The van der Waals surface area contributed by atoms with Gasteiger partial charge in [-0.2, -0.15) is 5.10 Å². The predicted octanol–water partition coefficient (Wildman–Crippen LogP) is 4.21. The first-order chi connectivity index (χ1) is 15.5. The van der Waals surface area contributed by atoms with Gasteiger partial charge < -0.3 is 16.0 Å². The Morgan fingerprint density at radius 1 is 1.22 bits per heavy atom. The summed E-state index contributed by atoms with van der Waals surface area (Å²) in [5, 5.41) is 14.5. The van der Waals surface area contributed by atoms with Gasteiger partial charge in [0.15, 0.2) is 0 Å². The van der Waals surface area contributed by atoms with Gasteiger partial charge in [0.05, 0.1) is 17.3 Å². The molecule has 4 N–H and O–H groups in total. The molecule has 1 atom stereocenters. The number of benzene rings is 1. The van der Waals surface area contributed by atoms with Crippen LogP contribution < -0.4 is 16.0 Å². The van der Waals surface area contributed by atoms with Crippen LogP contribution in [0.2, 0.25) is 5.02 Å². The third kappa shape index (κ3) is 6.91. The van der Waals surface area contributed by atoms with Gasteiger partial charge in [-0.3, -0.25) is 9.89 Å². The fraction of sp³-hybridized carbons (Fsp3) is 0.500. The second-order valence-electron chi connectivity index (χ2n) is 8.18. The molecule has 1 aromatic heterocycles. The largest absolute Gasteiger partial charge is 0.351 e. The van der Waals surface area contributed by atoms with E-state index in [0.717, 1.165) is 49.8 Å². The minimum Gasteiger partial charge on any atom is -0.351 e. The molecule has 32 heavy (non-hydrogen) atoms. The highest BCUT2D eigenvalue weighted by Crippen LogP contribution is 2.38. The molecule has 4 rings (SSSR count). The van der Waals surface area contributed by atoms with Gasteiger partial charge in [-0.1, -0.05) is 24.4 Å². The zero-order valence-electron chi connectivity index (χ0n) is 17.7. The third-order valence-corrected chi connectivity index (χ3v) is 6.06. The number of aromatic nitrogens is 2. The molecule has 0 aliphatic heterocycles. The molecule has 2 fully saturated rings. The number of nitrogens with zero attached hydrogens (tertiary/aromatic N) is 1. The van der Waals surface area contributed by atoms with Crippen molar-refractivity contribution in [3.8, 4) is 0 Å². The molecule has 0 saturated heterocycles. The summed E-state index contributed by atoms with van der Waals surface area (Å²) in [6, 6.07) is 1.58. The molecule has 2 aromatic rings. The van der Waals surface area contributed by atoms with E-state index in [4.69, 9.17) is 11.6 Å². The highest BCUT2D eigenvalue weighted by molar-refractivity contribution is 6.30. The van der Waals surface area contributed by atoms with E-state index in [1.807, 2.05) is 0 Å². The van der Waals surface area contributed by atoms with Crippen LogP contribution >= 0.6 is 11.6 Å². The van der Waals surface area contributed by atoms with E-state index in [9.17, 15) is 18.4 Å². The summed E-state index contributed by atoms with van der Waals surface area (Å²) in [4.78, 5) is 21.9. The van der Waals surface area contributed by atoms with Crippen molar-refractivity contribution in [2.24, 2.45) is 11.8 Å². The van der Waals surface area contributed by atoms with Crippen molar-refractivity contribution >= 4 is 24.0 Å². The maximum Gasteiger partial charge on any atom is 0.315 e. The summed E-state index contributed by atoms with van der Waals surface area (Å²) in [6.07, 6.45) is 10.2. The fourth-order valence-corrected chi connectivity index (χ4v) is 3.99. The van der Waals surface area contributed by atoms with Crippen molar-refractivity contribution in [3.05, 3.63) is 52.3 Å². The maximum absolute atomic E-state index is 14.0. The molecule has 0 spiro atoms. The number of H-pyrrole nitrogens is 1. The van der Waals surface area contributed by atoms with Crippen molar-refractivity contribution in [1.29, 1.82) is 0 Å². The Labute approximate surface area is 190 Å². The molecule has 174 valence electrons. The van der Waals surface area contributed by atoms with Gasteiger partial charge in [-0.25, -0.2) is 13.6 Å². The van der Waals surface area contributed by atoms with Crippen LogP contribution in [0.4, 0.5) is 13.6 Å². The molecule has 1 heterocycles. The number of halogens is 3. The number of hydrogen-bond acceptors (Lipinski definition) is 3. The first-order valence-corrected chi connectivity index (χ1v) is 11.2. The lowest BCUT2D eigenvalue weighted by atomic mass is 9.91. The fourth-order valence-electron chi connectivity index (χ4n) is 3.83. The number of hydrogen-bond donors (Lipinski definition) is 4. The number of aromatic amines is 1. The van der Waals surface area contributed by atoms with Crippen LogP contribution in [-0.4, -0.2) is 29.2 Å². The van der Waals surface area contributed by atoms with E-state index >= 15 is 0 Å². The molecule has 1 unspecified atom stereocenters. The lowest BCUT2D eigenvalue weighted by molar-refractivity contribution is -0.110. The van der Waals surface area contributed by atoms with E-state index in [1.165, 1.54) is 18.9 Å². The molecule has 7 nitrogen and oxygen atoms in total. The van der Waals surface area contributed by atoms with Crippen LogP contribution in [0.15, 0.2) is 24.5 Å². The average Bonchev–Trinajstić information content (AvgIpc) is 3.22. The van der Waals surface area contributed by atoms with E-state index in [-0.39, 0.29) is 22.5 Å². The van der Waals surface area contributed by atoms with Crippen LogP contribution in [-0.2, 0) is 11.3 Å². The number of carbonyl (C=O) groups is 2. The number of amides is 3. The molecular weight excluding hydrogens is 440 g/mol. The van der Waals surface area contributed by atoms with Gasteiger partial charge in [0.2, 0.25) is 6.41 Å². The Morgan fingerprint density at radius 3 is 2.59 bits per heavy atom. The van der Waals surface area contributed by atoms with Gasteiger partial charge in [0.1, 0.15) is 11.6 Å². The van der Waals surface area contributed by atoms with Gasteiger partial charge in [-0.05, 0) is 49.7 Å². The average molecular weight is 468 g/mol. The first-order valence-electron chi connectivity index (χ1n) is 10.8. The molecule has 0 bridgehead atoms. The van der Waals surface area contributed by atoms with Crippen molar-refractivity contribution < 1.29 is 18.4 Å². The maximum atomic E-state index is 14.0. The van der Waals surface area contributed by atoms with Crippen molar-refractivity contribution in [2.45, 2.75) is 51.1 Å². The quantitative estimate of drug-likeness (QED) is 0.345. The molecule has 1 aromatic carbocycles. The summed E-state index contributed by atoms with van der Waals surface area (Å²) in [5.74, 6) is -0.654. The van der Waals surface area contributed by atoms with Gasteiger partial charge in [0.25, 0.3) is 0 Å². The predicted molar refractivity (Wildman–Crippen MR) is 117 cm³/mol.